The standard InChI is InChI=1S/C19H31N9O10S2/c1-8(28-40(35,36)37)11(13(29)26-17(21)23-6-4-5-9(20)15(31)32)25-14(30)12(10-7-39-18(22)24-10)27-38-19(2,3)16(33)34/h7-9,11,28H,4-6,20H2,1-3H3,(H2,22,24)(H,25,30)(H,31,32)(H,33,34)(H,35,36,37)(H3,21,23,26,29)/b27-12-/t8-,9-,11+/m1/s1. The van der Waals surface area contributed by atoms with Gasteiger partial charge in [0.15, 0.2) is 16.8 Å². The number of amides is 2. The largest absolute Gasteiger partial charge is 0.480 e. The fourth-order valence-electron chi connectivity index (χ4n) is 2.61. The third kappa shape index (κ3) is 11.4. The van der Waals surface area contributed by atoms with Gasteiger partial charge in [0.25, 0.3) is 11.8 Å². The number of nitrogens with two attached hydrogens (primary N) is 3. The molecule has 3 atom stereocenters. The van der Waals surface area contributed by atoms with Gasteiger partial charge in [0.1, 0.15) is 17.8 Å². The lowest BCUT2D eigenvalue weighted by Gasteiger charge is -2.24. The molecule has 2 amide bonds. The van der Waals surface area contributed by atoms with Crippen molar-refractivity contribution in [2.45, 2.75) is 57.3 Å². The first-order valence-electron chi connectivity index (χ1n) is 11.2. The van der Waals surface area contributed by atoms with E-state index in [1.807, 2.05) is 0 Å². The molecule has 0 fully saturated rings. The smallest absolute Gasteiger partial charge is 0.350 e. The monoisotopic (exact) mass is 609 g/mol. The molecule has 1 rings (SSSR count). The van der Waals surface area contributed by atoms with Crippen LogP contribution in [0.2, 0.25) is 0 Å². The summed E-state index contributed by atoms with van der Waals surface area (Å²) in [6, 6.07) is -4.37. The molecule has 0 aliphatic heterocycles. The molecule has 0 saturated heterocycles. The number of carbonyl (C=O) groups is 4. The van der Waals surface area contributed by atoms with E-state index < -0.39 is 69.5 Å². The van der Waals surface area contributed by atoms with Crippen LogP contribution in [0.25, 0.3) is 0 Å². The number of hydrogen-bond acceptors (Lipinski definition) is 13. The van der Waals surface area contributed by atoms with E-state index in [9.17, 15) is 37.3 Å². The Bertz CT molecular complexity index is 1260. The van der Waals surface area contributed by atoms with Crippen LogP contribution in [0.4, 0.5) is 5.13 Å². The zero-order valence-electron chi connectivity index (χ0n) is 21.5. The maximum Gasteiger partial charge on any atom is 0.350 e. The Morgan fingerprint density at radius 1 is 1.25 bits per heavy atom. The number of oxime groups is 1. The normalized spacial score (nSPS) is 15.0. The van der Waals surface area contributed by atoms with E-state index in [0.717, 1.165) is 32.1 Å². The van der Waals surface area contributed by atoms with Crippen LogP contribution in [0.3, 0.4) is 0 Å². The van der Waals surface area contributed by atoms with Crippen molar-refractivity contribution < 1.29 is 47.2 Å². The molecule has 224 valence electrons. The summed E-state index contributed by atoms with van der Waals surface area (Å²) in [6.07, 6.45) is 0.270. The number of carbonyl (C=O) groups excluding carboxylic acids is 2. The van der Waals surface area contributed by atoms with Crippen molar-refractivity contribution in [1.29, 1.82) is 0 Å². The highest BCUT2D eigenvalue weighted by atomic mass is 32.2. The Hall–Kier alpha value is -3.92. The average molecular weight is 610 g/mol. The highest BCUT2D eigenvalue weighted by Gasteiger charge is 2.34. The van der Waals surface area contributed by atoms with Gasteiger partial charge in [-0.2, -0.15) is 13.1 Å². The molecular weight excluding hydrogens is 578 g/mol. The number of nitrogen functional groups attached to an aromatic ring is 1. The van der Waals surface area contributed by atoms with E-state index in [4.69, 9.17) is 27.1 Å². The SMILES string of the molecule is C[C@@H](NS(=O)(=O)O)[C@H](NC(=O)/C(=N\OC(C)(C)C(=O)O)c1csc(N)n1)C(=O)NC(N)=NCCC[C@@H](N)C(=O)O. The van der Waals surface area contributed by atoms with Crippen LogP contribution in [0.1, 0.15) is 39.3 Å². The zero-order valence-corrected chi connectivity index (χ0v) is 23.2. The summed E-state index contributed by atoms with van der Waals surface area (Å²) in [6.45, 7) is 3.40. The van der Waals surface area contributed by atoms with E-state index in [1.165, 1.54) is 5.38 Å². The molecule has 19 nitrogen and oxygen atoms in total. The summed E-state index contributed by atoms with van der Waals surface area (Å²) in [5, 5.41) is 27.3. The molecule has 40 heavy (non-hydrogen) atoms. The van der Waals surface area contributed by atoms with Crippen LogP contribution in [0, 0.1) is 0 Å². The number of aromatic nitrogens is 1. The first-order chi connectivity index (χ1) is 18.3. The lowest BCUT2D eigenvalue weighted by atomic mass is 10.1. The van der Waals surface area contributed by atoms with Gasteiger partial charge in [-0.3, -0.25) is 29.2 Å². The number of carboxylic acid groups (broad SMARTS) is 2. The number of guanidine groups is 1. The van der Waals surface area contributed by atoms with E-state index in [-0.39, 0.29) is 30.2 Å². The van der Waals surface area contributed by atoms with E-state index in [0.29, 0.717) is 0 Å². The van der Waals surface area contributed by atoms with Crippen LogP contribution >= 0.6 is 11.3 Å². The van der Waals surface area contributed by atoms with Gasteiger partial charge in [0.05, 0.1) is 6.04 Å². The molecule has 0 unspecified atom stereocenters. The van der Waals surface area contributed by atoms with Gasteiger partial charge in [-0.15, -0.1) is 11.3 Å². The molecular formula is C19H31N9O10S2. The molecule has 21 heteroatoms. The summed E-state index contributed by atoms with van der Waals surface area (Å²) in [4.78, 5) is 60.9. The molecule has 0 saturated carbocycles. The zero-order chi connectivity index (χ0) is 30.8. The maximum absolute atomic E-state index is 13.2. The van der Waals surface area contributed by atoms with Crippen molar-refractivity contribution in [2.75, 3.05) is 12.3 Å². The van der Waals surface area contributed by atoms with Crippen LogP contribution in [0.5, 0.6) is 0 Å². The Balaban J connectivity index is 3.22. The van der Waals surface area contributed by atoms with Gasteiger partial charge < -0.3 is 37.6 Å². The first kappa shape index (κ1) is 34.1. The van der Waals surface area contributed by atoms with Crippen molar-refractivity contribution in [1.82, 2.24) is 20.3 Å². The minimum absolute atomic E-state index is 0.0111. The Labute approximate surface area is 232 Å². The number of hydrogen-bond donors (Lipinski definition) is 9. The van der Waals surface area contributed by atoms with Crippen molar-refractivity contribution >= 4 is 62.2 Å². The van der Waals surface area contributed by atoms with Crippen molar-refractivity contribution in [3.63, 3.8) is 0 Å². The second kappa shape index (κ2) is 14.5. The topological polar surface area (TPSA) is 324 Å². The second-order valence-corrected chi connectivity index (χ2v) is 10.7. The van der Waals surface area contributed by atoms with E-state index in [1.54, 1.807) is 4.72 Å². The molecule has 0 radical (unpaired) electrons. The van der Waals surface area contributed by atoms with Crippen molar-refractivity contribution in [2.24, 2.45) is 21.6 Å². The van der Waals surface area contributed by atoms with Gasteiger partial charge in [0, 0.05) is 11.9 Å². The third-order valence-corrected chi connectivity index (χ3v) is 6.13. The van der Waals surface area contributed by atoms with Crippen LogP contribution in [-0.2, 0) is 34.3 Å². The minimum atomic E-state index is -4.86. The van der Waals surface area contributed by atoms with Gasteiger partial charge in [-0.25, -0.2) is 9.78 Å². The van der Waals surface area contributed by atoms with Gasteiger partial charge >= 0.3 is 22.2 Å². The number of anilines is 1. The fraction of sp³-hybridized carbons (Fsp3) is 0.526. The highest BCUT2D eigenvalue weighted by Crippen LogP contribution is 2.15. The van der Waals surface area contributed by atoms with Crippen molar-refractivity contribution in [3.8, 4) is 0 Å². The molecule has 0 aliphatic rings. The lowest BCUT2D eigenvalue weighted by molar-refractivity contribution is -0.161. The van der Waals surface area contributed by atoms with Gasteiger partial charge in [-0.1, -0.05) is 5.16 Å². The molecule has 0 aliphatic carbocycles. The number of thiazole rings is 1. The van der Waals surface area contributed by atoms with Crippen LogP contribution in [0.15, 0.2) is 15.5 Å². The molecule has 1 aromatic heterocycles. The van der Waals surface area contributed by atoms with Crippen LogP contribution < -0.4 is 32.6 Å². The number of aliphatic imine (C=N–C) groups is 1. The Kier molecular flexibility index (Phi) is 12.3. The molecule has 0 bridgehead atoms. The summed E-state index contributed by atoms with van der Waals surface area (Å²) >= 11 is 0.908. The number of carboxylic acids is 2. The minimum Gasteiger partial charge on any atom is -0.480 e. The number of nitrogens with one attached hydrogen (secondary N) is 3. The van der Waals surface area contributed by atoms with Gasteiger partial charge in [0.2, 0.25) is 5.60 Å². The number of nitrogens with zero attached hydrogens (tertiary/aromatic N) is 3. The summed E-state index contributed by atoms with van der Waals surface area (Å²) in [5.74, 6) is -5.35. The van der Waals surface area contributed by atoms with Crippen molar-refractivity contribution in [3.05, 3.63) is 11.1 Å². The third-order valence-electron chi connectivity index (χ3n) is 4.79. The molecule has 0 aromatic carbocycles. The van der Waals surface area contributed by atoms with Gasteiger partial charge in [-0.05, 0) is 33.6 Å². The Morgan fingerprint density at radius 2 is 1.88 bits per heavy atom. The van der Waals surface area contributed by atoms with E-state index in [2.05, 4.69) is 25.8 Å². The predicted molar refractivity (Wildman–Crippen MR) is 141 cm³/mol. The highest BCUT2D eigenvalue weighted by molar-refractivity contribution is 7.83. The number of rotatable bonds is 15. The van der Waals surface area contributed by atoms with Crippen LogP contribution in [-0.4, -0.2) is 93.9 Å². The predicted octanol–water partition coefficient (Wildman–Crippen LogP) is -2.80. The fourth-order valence-corrected chi connectivity index (χ4v) is 3.76. The molecule has 1 aromatic rings. The summed E-state index contributed by atoms with van der Waals surface area (Å²) in [5.41, 5.74) is 14.0. The van der Waals surface area contributed by atoms with E-state index >= 15 is 0 Å². The quantitative estimate of drug-likeness (QED) is 0.0319. The molecule has 1 heterocycles. The molecule has 0 spiro atoms. The Morgan fingerprint density at radius 3 is 2.38 bits per heavy atom. The summed E-state index contributed by atoms with van der Waals surface area (Å²) < 4.78 is 33.6. The average Bonchev–Trinajstić information content (AvgIpc) is 3.24. The molecule has 12 N–H and O–H groups in total. The number of aliphatic carboxylic acids is 2. The summed E-state index contributed by atoms with van der Waals surface area (Å²) in [7, 11) is -4.86. The second-order valence-electron chi connectivity index (χ2n) is 8.59. The first-order valence-corrected chi connectivity index (χ1v) is 13.5. The lowest BCUT2D eigenvalue weighted by Crippen LogP contribution is -2.60. The maximum atomic E-state index is 13.2.